The van der Waals surface area contributed by atoms with Crippen LogP contribution in [0.1, 0.15) is 48.5 Å². The summed E-state index contributed by atoms with van der Waals surface area (Å²) in [6, 6.07) is 7.52. The van der Waals surface area contributed by atoms with Crippen molar-refractivity contribution in [3.8, 4) is 11.8 Å². The van der Waals surface area contributed by atoms with Crippen LogP contribution in [0, 0.1) is 11.8 Å². The zero-order chi connectivity index (χ0) is 12.1. The average molecular weight is 224 g/mol. The van der Waals surface area contributed by atoms with E-state index in [9.17, 15) is 4.79 Å². The molecule has 0 aromatic heterocycles. The lowest BCUT2D eigenvalue weighted by Gasteiger charge is -2.05. The Kier molecular flexibility index (Phi) is 3.77. The molecule has 86 valence electrons. The second-order valence-electron chi connectivity index (χ2n) is 4.36. The lowest BCUT2D eigenvalue weighted by molar-refractivity contribution is 0.101. The Morgan fingerprint density at radius 3 is 2.82 bits per heavy atom. The SMILES string of the molecule is CC(=O)c1cccc(C#CC2=CCCCC2)c1. The maximum absolute atomic E-state index is 11.2. The van der Waals surface area contributed by atoms with Crippen molar-refractivity contribution in [2.45, 2.75) is 32.6 Å². The highest BCUT2D eigenvalue weighted by atomic mass is 16.1. The van der Waals surface area contributed by atoms with Crippen molar-refractivity contribution in [1.82, 2.24) is 0 Å². The van der Waals surface area contributed by atoms with Crippen molar-refractivity contribution in [2.24, 2.45) is 0 Å². The zero-order valence-corrected chi connectivity index (χ0v) is 10.1. The van der Waals surface area contributed by atoms with Crippen molar-refractivity contribution in [1.29, 1.82) is 0 Å². The van der Waals surface area contributed by atoms with Crippen molar-refractivity contribution in [2.75, 3.05) is 0 Å². The topological polar surface area (TPSA) is 17.1 Å². The molecule has 0 radical (unpaired) electrons. The van der Waals surface area contributed by atoms with Crippen LogP contribution < -0.4 is 0 Å². The molecule has 1 aliphatic carbocycles. The van der Waals surface area contributed by atoms with Gasteiger partial charge in [-0.05, 0) is 50.3 Å². The highest BCUT2D eigenvalue weighted by Gasteiger charge is 2.00. The molecule has 0 unspecified atom stereocenters. The molecule has 0 spiro atoms. The van der Waals surface area contributed by atoms with Crippen LogP contribution in [0.5, 0.6) is 0 Å². The summed E-state index contributed by atoms with van der Waals surface area (Å²) in [5.74, 6) is 6.43. The van der Waals surface area contributed by atoms with Crippen LogP contribution in [0.2, 0.25) is 0 Å². The summed E-state index contributed by atoms with van der Waals surface area (Å²) in [7, 11) is 0. The van der Waals surface area contributed by atoms with Crippen LogP contribution in [0.3, 0.4) is 0 Å². The minimum atomic E-state index is 0.0885. The molecule has 1 nitrogen and oxygen atoms in total. The number of benzene rings is 1. The van der Waals surface area contributed by atoms with E-state index < -0.39 is 0 Å². The van der Waals surface area contributed by atoms with Crippen LogP contribution in [0.4, 0.5) is 0 Å². The van der Waals surface area contributed by atoms with Gasteiger partial charge in [-0.1, -0.05) is 30.0 Å². The van der Waals surface area contributed by atoms with E-state index in [1.165, 1.54) is 18.4 Å². The number of hydrogen-bond acceptors (Lipinski definition) is 1. The van der Waals surface area contributed by atoms with Crippen molar-refractivity contribution in [3.63, 3.8) is 0 Å². The van der Waals surface area contributed by atoms with Gasteiger partial charge < -0.3 is 0 Å². The third kappa shape index (κ3) is 3.32. The van der Waals surface area contributed by atoms with Gasteiger partial charge in [0.2, 0.25) is 0 Å². The molecule has 0 heterocycles. The van der Waals surface area contributed by atoms with Gasteiger partial charge in [-0.2, -0.15) is 0 Å². The number of ketones is 1. The monoisotopic (exact) mass is 224 g/mol. The molecule has 1 heteroatoms. The van der Waals surface area contributed by atoms with Gasteiger partial charge in [-0.25, -0.2) is 0 Å². The van der Waals surface area contributed by atoms with E-state index in [0.29, 0.717) is 0 Å². The largest absolute Gasteiger partial charge is 0.295 e. The van der Waals surface area contributed by atoms with Gasteiger partial charge in [0.15, 0.2) is 5.78 Å². The number of hydrogen-bond donors (Lipinski definition) is 0. The Morgan fingerprint density at radius 1 is 1.24 bits per heavy atom. The van der Waals surface area contributed by atoms with Crippen molar-refractivity contribution >= 4 is 5.78 Å². The summed E-state index contributed by atoms with van der Waals surface area (Å²) in [4.78, 5) is 11.2. The molecule has 0 saturated heterocycles. The van der Waals surface area contributed by atoms with E-state index in [-0.39, 0.29) is 5.78 Å². The first-order valence-corrected chi connectivity index (χ1v) is 6.08. The first-order valence-electron chi connectivity index (χ1n) is 6.08. The molecule has 17 heavy (non-hydrogen) atoms. The molecule has 2 rings (SSSR count). The zero-order valence-electron chi connectivity index (χ0n) is 10.1. The molecule has 0 N–H and O–H groups in total. The van der Waals surface area contributed by atoms with Gasteiger partial charge in [0.25, 0.3) is 0 Å². The summed E-state index contributed by atoms with van der Waals surface area (Å²) in [5, 5.41) is 0. The second-order valence-corrected chi connectivity index (χ2v) is 4.36. The minimum Gasteiger partial charge on any atom is -0.295 e. The summed E-state index contributed by atoms with van der Waals surface area (Å²) in [6.45, 7) is 1.58. The van der Waals surface area contributed by atoms with E-state index in [1.807, 2.05) is 24.3 Å². The maximum atomic E-state index is 11.2. The Bertz CT molecular complexity index is 512. The number of carbonyl (C=O) groups excluding carboxylic acids is 1. The standard InChI is InChI=1S/C16H16O/c1-13(17)16-9-5-8-15(12-16)11-10-14-6-3-2-4-7-14/h5-6,8-9,12H,2-4,7H2,1H3. The summed E-state index contributed by atoms with van der Waals surface area (Å²) in [5.41, 5.74) is 2.89. The third-order valence-electron chi connectivity index (χ3n) is 2.93. The van der Waals surface area contributed by atoms with E-state index >= 15 is 0 Å². The molecule has 1 aromatic rings. The molecular formula is C16H16O. The van der Waals surface area contributed by atoms with Gasteiger partial charge in [0, 0.05) is 11.1 Å². The van der Waals surface area contributed by atoms with Gasteiger partial charge >= 0.3 is 0 Å². The normalized spacial score (nSPS) is 14.5. The molecule has 1 aromatic carbocycles. The second kappa shape index (κ2) is 5.50. The van der Waals surface area contributed by atoms with Gasteiger partial charge in [0.1, 0.15) is 0 Å². The Morgan fingerprint density at radius 2 is 2.12 bits per heavy atom. The Labute approximate surface area is 103 Å². The predicted octanol–water partition coefficient (Wildman–Crippen LogP) is 3.74. The lowest BCUT2D eigenvalue weighted by atomic mass is 9.99. The van der Waals surface area contributed by atoms with Crippen LogP contribution in [0.25, 0.3) is 0 Å². The molecule has 0 aliphatic heterocycles. The van der Waals surface area contributed by atoms with Crippen LogP contribution in [-0.4, -0.2) is 5.78 Å². The highest BCUT2D eigenvalue weighted by Crippen LogP contribution is 2.16. The predicted molar refractivity (Wildman–Crippen MR) is 69.9 cm³/mol. The number of allylic oxidation sites excluding steroid dienone is 2. The van der Waals surface area contributed by atoms with Gasteiger partial charge in [0.05, 0.1) is 0 Å². The molecule has 0 saturated carbocycles. The summed E-state index contributed by atoms with van der Waals surface area (Å²) in [6.07, 6.45) is 7.00. The fourth-order valence-electron chi connectivity index (χ4n) is 1.92. The van der Waals surface area contributed by atoms with Gasteiger partial charge in [-0.3, -0.25) is 4.79 Å². The first-order chi connectivity index (χ1) is 8.25. The fourth-order valence-corrected chi connectivity index (χ4v) is 1.92. The molecule has 0 amide bonds. The third-order valence-corrected chi connectivity index (χ3v) is 2.93. The van der Waals surface area contributed by atoms with E-state index in [4.69, 9.17) is 0 Å². The lowest BCUT2D eigenvalue weighted by Crippen LogP contribution is -1.92. The van der Waals surface area contributed by atoms with Crippen LogP contribution in [-0.2, 0) is 0 Å². The molecule has 0 bridgehead atoms. The van der Waals surface area contributed by atoms with E-state index in [0.717, 1.165) is 24.0 Å². The Hall–Kier alpha value is -1.81. The number of Topliss-reactive ketones (excluding diaryl/α,β-unsaturated/α-hetero) is 1. The Balaban J connectivity index is 2.18. The van der Waals surface area contributed by atoms with Crippen molar-refractivity contribution < 1.29 is 4.79 Å². The smallest absolute Gasteiger partial charge is 0.159 e. The summed E-state index contributed by atoms with van der Waals surface area (Å²) < 4.78 is 0. The molecule has 1 aliphatic rings. The van der Waals surface area contributed by atoms with E-state index in [1.54, 1.807) is 6.92 Å². The quantitative estimate of drug-likeness (QED) is 0.524. The minimum absolute atomic E-state index is 0.0885. The van der Waals surface area contributed by atoms with Crippen LogP contribution >= 0.6 is 0 Å². The number of carbonyl (C=O) groups is 1. The summed E-state index contributed by atoms with van der Waals surface area (Å²) >= 11 is 0. The van der Waals surface area contributed by atoms with Crippen LogP contribution in [0.15, 0.2) is 35.9 Å². The maximum Gasteiger partial charge on any atom is 0.159 e. The van der Waals surface area contributed by atoms with Crippen molar-refractivity contribution in [3.05, 3.63) is 47.0 Å². The first kappa shape index (κ1) is 11.7. The molecule has 0 atom stereocenters. The number of rotatable bonds is 1. The fraction of sp³-hybridized carbons (Fsp3) is 0.312. The molecular weight excluding hydrogens is 208 g/mol. The van der Waals surface area contributed by atoms with E-state index in [2.05, 4.69) is 17.9 Å². The average Bonchev–Trinajstić information content (AvgIpc) is 2.38. The molecule has 0 fully saturated rings. The van der Waals surface area contributed by atoms with Gasteiger partial charge in [-0.15, -0.1) is 0 Å². The highest BCUT2D eigenvalue weighted by molar-refractivity contribution is 5.94.